The summed E-state index contributed by atoms with van der Waals surface area (Å²) >= 11 is 0. The van der Waals surface area contributed by atoms with Crippen molar-refractivity contribution in [3.05, 3.63) is 66.0 Å². The van der Waals surface area contributed by atoms with E-state index >= 15 is 0 Å². The van der Waals surface area contributed by atoms with Crippen LogP contribution in [0, 0.1) is 11.3 Å². The number of amides is 1. The van der Waals surface area contributed by atoms with Crippen LogP contribution in [-0.4, -0.2) is 58.6 Å². The van der Waals surface area contributed by atoms with E-state index in [-0.39, 0.29) is 5.91 Å². The summed E-state index contributed by atoms with van der Waals surface area (Å²) in [6.45, 7) is 4.55. The van der Waals surface area contributed by atoms with E-state index in [4.69, 9.17) is 4.74 Å². The van der Waals surface area contributed by atoms with E-state index in [2.05, 4.69) is 56.3 Å². The molecule has 0 bridgehead atoms. The van der Waals surface area contributed by atoms with Crippen molar-refractivity contribution in [2.24, 2.45) is 0 Å². The number of ether oxygens (including phenoxy) is 1. The van der Waals surface area contributed by atoms with Crippen molar-refractivity contribution in [3.63, 3.8) is 0 Å². The van der Waals surface area contributed by atoms with Gasteiger partial charge in [-0.25, -0.2) is 9.97 Å². The number of rotatable bonds is 5. The molecule has 6 rings (SSSR count). The number of H-pyrrole nitrogens is 1. The minimum Gasteiger partial charge on any atom is -0.378 e. The Hall–Kier alpha value is -4.22. The van der Waals surface area contributed by atoms with E-state index in [1.54, 1.807) is 6.33 Å². The zero-order valence-electron chi connectivity index (χ0n) is 19.9. The van der Waals surface area contributed by atoms with Crippen molar-refractivity contribution in [1.29, 1.82) is 5.26 Å². The Morgan fingerprint density at radius 2 is 1.81 bits per heavy atom. The highest BCUT2D eigenvalue weighted by Crippen LogP contribution is 2.32. The number of carbonyl (C=O) groups is 1. The Balaban J connectivity index is 1.30. The molecule has 2 fully saturated rings. The molecule has 2 aliphatic rings. The fourth-order valence-electron chi connectivity index (χ4n) is 5.04. The molecule has 4 heterocycles. The third-order valence-corrected chi connectivity index (χ3v) is 7.02. The molecule has 2 aromatic heterocycles. The number of benzene rings is 2. The first-order valence-corrected chi connectivity index (χ1v) is 12.3. The van der Waals surface area contributed by atoms with Crippen LogP contribution >= 0.6 is 0 Å². The number of morpholine rings is 1. The average Bonchev–Trinajstić information content (AvgIpc) is 3.55. The fraction of sp³-hybridized carbons (Fsp3) is 0.286. The summed E-state index contributed by atoms with van der Waals surface area (Å²) in [6, 6.07) is 18.7. The molecule has 4 aromatic rings. The van der Waals surface area contributed by atoms with Gasteiger partial charge in [0.25, 0.3) is 0 Å². The van der Waals surface area contributed by atoms with E-state index < -0.39 is 0 Å². The van der Waals surface area contributed by atoms with E-state index in [0.29, 0.717) is 18.5 Å². The monoisotopic (exact) mass is 478 g/mol. The summed E-state index contributed by atoms with van der Waals surface area (Å²) in [6.07, 6.45) is 3.01. The fourth-order valence-corrected chi connectivity index (χ4v) is 5.04. The number of nitrogens with zero attached hydrogens (tertiary/aromatic N) is 5. The Kier molecular flexibility index (Phi) is 5.84. The first-order valence-electron chi connectivity index (χ1n) is 12.3. The first kappa shape index (κ1) is 22.3. The molecular weight excluding hydrogens is 452 g/mol. The summed E-state index contributed by atoms with van der Waals surface area (Å²) in [5.41, 5.74) is 7.02. The molecule has 8 heteroatoms. The van der Waals surface area contributed by atoms with Gasteiger partial charge in [0.15, 0.2) is 0 Å². The van der Waals surface area contributed by atoms with Crippen LogP contribution in [0.5, 0.6) is 0 Å². The number of anilines is 1. The van der Waals surface area contributed by atoms with Gasteiger partial charge in [0.2, 0.25) is 5.91 Å². The van der Waals surface area contributed by atoms with Gasteiger partial charge in [0, 0.05) is 54.9 Å². The van der Waals surface area contributed by atoms with Gasteiger partial charge in [-0.15, -0.1) is 0 Å². The molecule has 2 aromatic carbocycles. The van der Waals surface area contributed by atoms with E-state index in [9.17, 15) is 10.1 Å². The van der Waals surface area contributed by atoms with Gasteiger partial charge in [-0.2, -0.15) is 5.26 Å². The molecule has 0 aliphatic carbocycles. The van der Waals surface area contributed by atoms with Crippen LogP contribution in [0.15, 0.2) is 54.9 Å². The lowest BCUT2D eigenvalue weighted by Gasteiger charge is -2.28. The van der Waals surface area contributed by atoms with Crippen LogP contribution in [0.25, 0.3) is 33.5 Å². The van der Waals surface area contributed by atoms with Gasteiger partial charge in [-0.3, -0.25) is 4.79 Å². The first-order chi connectivity index (χ1) is 17.7. The second-order valence-electron chi connectivity index (χ2n) is 9.22. The molecule has 8 nitrogen and oxygen atoms in total. The Morgan fingerprint density at radius 3 is 2.56 bits per heavy atom. The normalized spacial score (nSPS) is 16.0. The Bertz CT molecular complexity index is 1460. The number of likely N-dealkylation sites (tertiary alicyclic amines) is 1. The number of hydrogen-bond donors (Lipinski definition) is 1. The summed E-state index contributed by atoms with van der Waals surface area (Å²) in [7, 11) is 0. The Labute approximate surface area is 209 Å². The minimum atomic E-state index is 0.151. The predicted molar refractivity (Wildman–Crippen MR) is 137 cm³/mol. The van der Waals surface area contributed by atoms with Gasteiger partial charge in [0.1, 0.15) is 12.0 Å². The van der Waals surface area contributed by atoms with Crippen molar-refractivity contribution in [1.82, 2.24) is 19.9 Å². The lowest BCUT2D eigenvalue weighted by atomic mass is 10.0. The molecule has 1 N–H and O–H groups in total. The molecule has 0 unspecified atom stereocenters. The molecule has 0 saturated carbocycles. The number of carbonyl (C=O) groups excluding carboxylic acids is 1. The second-order valence-corrected chi connectivity index (χ2v) is 9.22. The standard InChI is InChI=1S/C28H26N6O2/c29-16-22-14-20(3-4-21(22)17-34-9-1-2-26(34)35)27-24-15-25(32-28(24)31-18-30-27)19-5-7-23(8-6-19)33-10-12-36-13-11-33/h3-8,14-15,18H,1-2,9-13,17H2,(H,30,31,32). The highest BCUT2D eigenvalue weighted by Gasteiger charge is 2.21. The molecule has 180 valence electrons. The van der Waals surface area contributed by atoms with E-state index in [0.717, 1.165) is 78.4 Å². The molecule has 0 atom stereocenters. The number of nitrogens with one attached hydrogen (secondary N) is 1. The van der Waals surface area contributed by atoms with Crippen molar-refractivity contribution >= 4 is 22.6 Å². The number of hydrogen-bond acceptors (Lipinski definition) is 6. The molecule has 2 aliphatic heterocycles. The maximum absolute atomic E-state index is 12.0. The van der Waals surface area contributed by atoms with Crippen molar-refractivity contribution in [2.45, 2.75) is 19.4 Å². The van der Waals surface area contributed by atoms with Crippen LogP contribution in [-0.2, 0) is 16.1 Å². The van der Waals surface area contributed by atoms with Crippen LogP contribution < -0.4 is 4.90 Å². The zero-order chi connectivity index (χ0) is 24.5. The van der Waals surface area contributed by atoms with Crippen molar-refractivity contribution in [2.75, 3.05) is 37.7 Å². The van der Waals surface area contributed by atoms with Gasteiger partial charge < -0.3 is 19.5 Å². The van der Waals surface area contributed by atoms with Crippen molar-refractivity contribution in [3.8, 4) is 28.6 Å². The zero-order valence-corrected chi connectivity index (χ0v) is 19.9. The largest absolute Gasteiger partial charge is 0.378 e. The average molecular weight is 479 g/mol. The molecular formula is C28H26N6O2. The molecule has 1 amide bonds. The topological polar surface area (TPSA) is 98.1 Å². The second kappa shape index (κ2) is 9.44. The molecule has 0 spiro atoms. The molecule has 0 radical (unpaired) electrons. The third kappa shape index (κ3) is 4.18. The van der Waals surface area contributed by atoms with E-state index in [1.165, 1.54) is 5.69 Å². The number of nitriles is 1. The van der Waals surface area contributed by atoms with E-state index in [1.807, 2.05) is 23.1 Å². The van der Waals surface area contributed by atoms with Gasteiger partial charge >= 0.3 is 0 Å². The number of aromatic amines is 1. The number of aromatic nitrogens is 3. The van der Waals surface area contributed by atoms with Gasteiger partial charge in [0.05, 0.1) is 30.5 Å². The summed E-state index contributed by atoms with van der Waals surface area (Å²) in [4.78, 5) is 28.6. The minimum absolute atomic E-state index is 0.151. The van der Waals surface area contributed by atoms with Crippen LogP contribution in [0.4, 0.5) is 5.69 Å². The lowest BCUT2D eigenvalue weighted by Crippen LogP contribution is -2.36. The van der Waals surface area contributed by atoms with Crippen LogP contribution in [0.2, 0.25) is 0 Å². The van der Waals surface area contributed by atoms with Crippen LogP contribution in [0.3, 0.4) is 0 Å². The number of fused-ring (bicyclic) bond motifs is 1. The summed E-state index contributed by atoms with van der Waals surface area (Å²) in [5, 5.41) is 10.7. The molecule has 2 saturated heterocycles. The smallest absolute Gasteiger partial charge is 0.222 e. The highest BCUT2D eigenvalue weighted by molar-refractivity contribution is 5.94. The summed E-state index contributed by atoms with van der Waals surface area (Å²) < 4.78 is 5.46. The van der Waals surface area contributed by atoms with Gasteiger partial charge in [-0.05, 0) is 41.8 Å². The third-order valence-electron chi connectivity index (χ3n) is 7.02. The maximum Gasteiger partial charge on any atom is 0.222 e. The molecule has 36 heavy (non-hydrogen) atoms. The highest BCUT2D eigenvalue weighted by atomic mass is 16.5. The quantitative estimate of drug-likeness (QED) is 0.463. The maximum atomic E-state index is 12.0. The SMILES string of the molecule is N#Cc1cc(-c2ncnc3[nH]c(-c4ccc(N5CCOCC5)cc4)cc23)ccc1CN1CCCC1=O. The lowest BCUT2D eigenvalue weighted by molar-refractivity contribution is -0.128. The van der Waals surface area contributed by atoms with Gasteiger partial charge in [-0.1, -0.05) is 24.3 Å². The van der Waals surface area contributed by atoms with Crippen LogP contribution in [0.1, 0.15) is 24.0 Å². The predicted octanol–water partition coefficient (Wildman–Crippen LogP) is 4.12. The Morgan fingerprint density at radius 1 is 1.00 bits per heavy atom. The van der Waals surface area contributed by atoms with Crippen molar-refractivity contribution < 1.29 is 9.53 Å². The summed E-state index contributed by atoms with van der Waals surface area (Å²) in [5.74, 6) is 0.151.